The third-order valence-corrected chi connectivity index (χ3v) is 4.34. The maximum Gasteiger partial charge on any atom is 0.146 e. The minimum atomic E-state index is -0.108. The van der Waals surface area contributed by atoms with Gasteiger partial charge in [0, 0.05) is 38.6 Å². The molecule has 1 aliphatic rings. The monoisotopic (exact) mass is 313 g/mol. The number of nitrogens with zero attached hydrogens (tertiary/aromatic N) is 2. The highest BCUT2D eigenvalue weighted by molar-refractivity contribution is 5.50. The topological polar surface area (TPSA) is 28.2 Å². The average molecular weight is 313 g/mol. The Morgan fingerprint density at radius 3 is 2.52 bits per heavy atom. The average Bonchev–Trinajstić information content (AvgIpc) is 2.87. The van der Waals surface area contributed by atoms with Crippen molar-refractivity contribution in [3.8, 4) is 0 Å². The molecule has 0 unspecified atom stereocenters. The second-order valence-electron chi connectivity index (χ2n) is 6.15. The molecule has 0 aliphatic carbocycles. The second-order valence-corrected chi connectivity index (χ2v) is 6.15. The molecule has 0 atom stereocenters. The highest BCUT2D eigenvalue weighted by atomic mass is 19.1. The van der Waals surface area contributed by atoms with E-state index in [9.17, 15) is 4.39 Å². The van der Waals surface area contributed by atoms with Crippen LogP contribution in [0.3, 0.4) is 0 Å². The van der Waals surface area contributed by atoms with Crippen LogP contribution in [0.5, 0.6) is 0 Å². The van der Waals surface area contributed by atoms with Gasteiger partial charge < -0.3 is 10.2 Å². The Bertz CT molecular complexity index is 607. The van der Waals surface area contributed by atoms with Gasteiger partial charge in [0.25, 0.3) is 0 Å². The Hall–Kier alpha value is -1.94. The van der Waals surface area contributed by atoms with Gasteiger partial charge in [-0.25, -0.2) is 4.39 Å². The molecule has 2 aromatic rings. The molecule has 1 aromatic carbocycles. The largest absolute Gasteiger partial charge is 0.369 e. The first-order valence-electron chi connectivity index (χ1n) is 8.46. The zero-order valence-electron chi connectivity index (χ0n) is 13.5. The number of nitrogens with one attached hydrogen (secondary N) is 1. The molecule has 3 nitrogen and oxygen atoms in total. The number of hydrogen-bond donors (Lipinski definition) is 1. The van der Waals surface area contributed by atoms with E-state index in [0.717, 1.165) is 55.8 Å². The Kier molecular flexibility index (Phi) is 5.59. The van der Waals surface area contributed by atoms with E-state index in [0.29, 0.717) is 0 Å². The Morgan fingerprint density at radius 1 is 1.00 bits per heavy atom. The lowest BCUT2D eigenvalue weighted by molar-refractivity contribution is 0.614. The van der Waals surface area contributed by atoms with E-state index in [1.165, 1.54) is 12.8 Å². The molecular formula is C19H24FN3. The maximum absolute atomic E-state index is 14.2. The fourth-order valence-electron chi connectivity index (χ4n) is 3.08. The molecule has 1 N–H and O–H groups in total. The molecule has 3 rings (SSSR count). The first-order chi connectivity index (χ1) is 11.3. The fourth-order valence-corrected chi connectivity index (χ4v) is 3.08. The van der Waals surface area contributed by atoms with Crippen molar-refractivity contribution in [3.05, 3.63) is 59.7 Å². The van der Waals surface area contributed by atoms with Gasteiger partial charge in [0.15, 0.2) is 0 Å². The van der Waals surface area contributed by atoms with E-state index in [4.69, 9.17) is 0 Å². The number of rotatable bonds is 5. The quantitative estimate of drug-likeness (QED) is 0.907. The van der Waals surface area contributed by atoms with Gasteiger partial charge >= 0.3 is 0 Å². The number of halogens is 1. The van der Waals surface area contributed by atoms with Gasteiger partial charge in [0.1, 0.15) is 5.82 Å². The molecule has 4 heteroatoms. The van der Waals surface area contributed by atoms with Gasteiger partial charge in [0.2, 0.25) is 0 Å². The number of pyridine rings is 1. The molecule has 0 radical (unpaired) electrons. The molecule has 0 amide bonds. The summed E-state index contributed by atoms with van der Waals surface area (Å²) in [7, 11) is 0. The van der Waals surface area contributed by atoms with Crippen molar-refractivity contribution in [1.82, 2.24) is 10.3 Å². The third kappa shape index (κ3) is 4.52. The van der Waals surface area contributed by atoms with E-state index in [1.807, 2.05) is 30.5 Å². The first kappa shape index (κ1) is 15.9. The van der Waals surface area contributed by atoms with Gasteiger partial charge in [0.05, 0.1) is 5.69 Å². The maximum atomic E-state index is 14.2. The van der Waals surface area contributed by atoms with E-state index in [-0.39, 0.29) is 5.82 Å². The van der Waals surface area contributed by atoms with Crippen LogP contribution >= 0.6 is 0 Å². The van der Waals surface area contributed by atoms with Gasteiger partial charge in [-0.3, -0.25) is 4.98 Å². The summed E-state index contributed by atoms with van der Waals surface area (Å²) in [6.45, 7) is 3.42. The zero-order chi connectivity index (χ0) is 15.9. The van der Waals surface area contributed by atoms with Gasteiger partial charge in [-0.2, -0.15) is 0 Å². The lowest BCUT2D eigenvalue weighted by atomic mass is 10.1. The van der Waals surface area contributed by atoms with E-state index >= 15 is 0 Å². The minimum Gasteiger partial charge on any atom is -0.369 e. The first-order valence-corrected chi connectivity index (χ1v) is 8.46. The predicted molar refractivity (Wildman–Crippen MR) is 91.9 cm³/mol. The minimum absolute atomic E-state index is 0.108. The van der Waals surface area contributed by atoms with E-state index < -0.39 is 0 Å². The van der Waals surface area contributed by atoms with Crippen molar-refractivity contribution in [2.45, 2.75) is 38.8 Å². The van der Waals surface area contributed by atoms with Crippen molar-refractivity contribution in [3.63, 3.8) is 0 Å². The summed E-state index contributed by atoms with van der Waals surface area (Å²) in [4.78, 5) is 6.31. The van der Waals surface area contributed by atoms with Crippen LogP contribution in [0, 0.1) is 5.82 Å². The number of hydrogen-bond acceptors (Lipinski definition) is 3. The Labute approximate surface area is 137 Å². The molecule has 1 aromatic heterocycles. The molecule has 0 spiro atoms. The van der Waals surface area contributed by atoms with E-state index in [1.54, 1.807) is 12.3 Å². The zero-order valence-corrected chi connectivity index (χ0v) is 13.5. The van der Waals surface area contributed by atoms with Crippen LogP contribution in [0.15, 0.2) is 42.7 Å². The molecule has 122 valence electrons. The van der Waals surface area contributed by atoms with Crippen LogP contribution in [-0.4, -0.2) is 18.1 Å². The highest BCUT2D eigenvalue weighted by Gasteiger charge is 2.14. The normalized spacial score (nSPS) is 15.4. The summed E-state index contributed by atoms with van der Waals surface area (Å²) in [5.74, 6) is -0.108. The van der Waals surface area contributed by atoms with Crippen molar-refractivity contribution >= 4 is 5.69 Å². The van der Waals surface area contributed by atoms with Gasteiger partial charge in [-0.15, -0.1) is 0 Å². The second kappa shape index (κ2) is 8.06. The SMILES string of the molecule is Fc1ccc(CNCc2cccnc2)cc1N1CCCCCC1. The summed E-state index contributed by atoms with van der Waals surface area (Å²) in [5.41, 5.74) is 3.03. The van der Waals surface area contributed by atoms with Crippen LogP contribution in [0.2, 0.25) is 0 Å². The number of benzene rings is 1. The van der Waals surface area contributed by atoms with Crippen LogP contribution in [0.1, 0.15) is 36.8 Å². The van der Waals surface area contributed by atoms with Crippen LogP contribution in [0.4, 0.5) is 10.1 Å². The Balaban J connectivity index is 1.62. The molecule has 1 fully saturated rings. The lowest BCUT2D eigenvalue weighted by Crippen LogP contribution is -2.25. The van der Waals surface area contributed by atoms with Crippen molar-refractivity contribution in [2.75, 3.05) is 18.0 Å². The molecule has 23 heavy (non-hydrogen) atoms. The van der Waals surface area contributed by atoms with Crippen molar-refractivity contribution in [1.29, 1.82) is 0 Å². The molecule has 0 bridgehead atoms. The lowest BCUT2D eigenvalue weighted by Gasteiger charge is -2.24. The van der Waals surface area contributed by atoms with Crippen LogP contribution in [0.25, 0.3) is 0 Å². The smallest absolute Gasteiger partial charge is 0.146 e. The standard InChI is InChI=1S/C19H24FN3/c20-18-8-7-16(13-22-15-17-6-5-9-21-14-17)12-19(18)23-10-3-1-2-4-11-23/h5-9,12,14,22H,1-4,10-11,13,15H2. The summed E-state index contributed by atoms with van der Waals surface area (Å²) in [5, 5.41) is 3.40. The molecule has 1 aliphatic heterocycles. The molecule has 0 saturated carbocycles. The summed E-state index contributed by atoms with van der Waals surface area (Å²) >= 11 is 0. The van der Waals surface area contributed by atoms with Crippen LogP contribution < -0.4 is 10.2 Å². The van der Waals surface area contributed by atoms with Gasteiger partial charge in [-0.1, -0.05) is 25.0 Å². The molecule has 2 heterocycles. The third-order valence-electron chi connectivity index (χ3n) is 4.34. The molecule has 1 saturated heterocycles. The summed E-state index contributed by atoms with van der Waals surface area (Å²) in [6.07, 6.45) is 8.46. The fraction of sp³-hybridized carbons (Fsp3) is 0.421. The molecular weight excluding hydrogens is 289 g/mol. The van der Waals surface area contributed by atoms with Crippen LogP contribution in [-0.2, 0) is 13.1 Å². The van der Waals surface area contributed by atoms with Gasteiger partial charge in [-0.05, 0) is 42.2 Å². The van der Waals surface area contributed by atoms with Crippen molar-refractivity contribution < 1.29 is 4.39 Å². The van der Waals surface area contributed by atoms with E-state index in [2.05, 4.69) is 15.2 Å². The van der Waals surface area contributed by atoms with Crippen molar-refractivity contribution in [2.24, 2.45) is 0 Å². The highest BCUT2D eigenvalue weighted by Crippen LogP contribution is 2.24. The predicted octanol–water partition coefficient (Wildman–Crippen LogP) is 3.89. The Morgan fingerprint density at radius 2 is 1.78 bits per heavy atom. The summed E-state index contributed by atoms with van der Waals surface area (Å²) < 4.78 is 14.2. The number of aromatic nitrogens is 1. The number of anilines is 1. The summed E-state index contributed by atoms with van der Waals surface area (Å²) in [6, 6.07) is 9.45.